The number of hydrogen-bond donors (Lipinski definition) is 1. The molecule has 2 nitrogen and oxygen atoms in total. The summed E-state index contributed by atoms with van der Waals surface area (Å²) in [5.74, 6) is 0. The topological polar surface area (TPSA) is 21.3 Å². The molecule has 0 saturated carbocycles. The van der Waals surface area contributed by atoms with Crippen LogP contribution in [0.2, 0.25) is 4.34 Å². The van der Waals surface area contributed by atoms with E-state index in [0.717, 1.165) is 30.5 Å². The molecule has 0 radical (unpaired) electrons. The minimum Gasteiger partial charge on any atom is -0.380 e. The molecule has 0 aliphatic carbocycles. The average molecular weight is 330 g/mol. The van der Waals surface area contributed by atoms with Crippen LogP contribution in [0.15, 0.2) is 29.6 Å². The molecular formula is C15H20ClNOS2. The number of halogens is 1. The van der Waals surface area contributed by atoms with E-state index in [1.54, 1.807) is 22.7 Å². The minimum absolute atomic E-state index is 0.224. The van der Waals surface area contributed by atoms with E-state index >= 15 is 0 Å². The van der Waals surface area contributed by atoms with Crippen molar-refractivity contribution in [2.45, 2.75) is 25.8 Å². The monoisotopic (exact) mass is 329 g/mol. The predicted molar refractivity (Wildman–Crippen MR) is 89.2 cm³/mol. The van der Waals surface area contributed by atoms with E-state index in [-0.39, 0.29) is 6.04 Å². The first-order valence-electron chi connectivity index (χ1n) is 6.91. The molecule has 1 N–H and O–H groups in total. The minimum atomic E-state index is 0.224. The molecule has 2 rings (SSSR count). The third-order valence-electron chi connectivity index (χ3n) is 2.94. The Morgan fingerprint density at radius 1 is 1.25 bits per heavy atom. The molecule has 2 aromatic rings. The van der Waals surface area contributed by atoms with Gasteiger partial charge >= 0.3 is 0 Å². The summed E-state index contributed by atoms with van der Waals surface area (Å²) < 4.78 is 6.44. The maximum absolute atomic E-state index is 6.05. The lowest BCUT2D eigenvalue weighted by molar-refractivity contribution is 0.132. The van der Waals surface area contributed by atoms with Crippen LogP contribution in [-0.4, -0.2) is 19.8 Å². The van der Waals surface area contributed by atoms with Gasteiger partial charge in [-0.25, -0.2) is 0 Å². The number of ether oxygens (including phenoxy) is 1. The summed E-state index contributed by atoms with van der Waals surface area (Å²) in [7, 11) is 0. The van der Waals surface area contributed by atoms with Crippen molar-refractivity contribution in [2.24, 2.45) is 0 Å². The zero-order valence-corrected chi connectivity index (χ0v) is 14.0. The van der Waals surface area contributed by atoms with Gasteiger partial charge in [-0.15, -0.1) is 22.7 Å². The van der Waals surface area contributed by atoms with Gasteiger partial charge in [-0.3, -0.25) is 0 Å². The Hall–Kier alpha value is -0.390. The van der Waals surface area contributed by atoms with Crippen molar-refractivity contribution in [2.75, 3.05) is 19.8 Å². The zero-order valence-electron chi connectivity index (χ0n) is 11.6. The maximum Gasteiger partial charge on any atom is 0.0931 e. The molecule has 2 aromatic heterocycles. The molecule has 110 valence electrons. The average Bonchev–Trinajstić information content (AvgIpc) is 3.10. The fraction of sp³-hybridized carbons (Fsp3) is 0.467. The van der Waals surface area contributed by atoms with Gasteiger partial charge in [-0.2, -0.15) is 0 Å². The Morgan fingerprint density at radius 2 is 2.15 bits per heavy atom. The Morgan fingerprint density at radius 3 is 2.80 bits per heavy atom. The first-order valence-corrected chi connectivity index (χ1v) is 8.98. The van der Waals surface area contributed by atoms with Gasteiger partial charge in [0.25, 0.3) is 0 Å². The highest BCUT2D eigenvalue weighted by molar-refractivity contribution is 7.16. The van der Waals surface area contributed by atoms with Gasteiger partial charge in [0.15, 0.2) is 0 Å². The molecule has 0 aliphatic rings. The van der Waals surface area contributed by atoms with Crippen molar-refractivity contribution in [3.8, 4) is 0 Å². The molecule has 0 bridgehead atoms. The largest absolute Gasteiger partial charge is 0.380 e. The van der Waals surface area contributed by atoms with Crippen molar-refractivity contribution in [1.82, 2.24) is 5.32 Å². The van der Waals surface area contributed by atoms with Crippen molar-refractivity contribution in [3.63, 3.8) is 0 Å². The van der Waals surface area contributed by atoms with E-state index in [1.807, 2.05) is 6.07 Å². The van der Waals surface area contributed by atoms with Crippen LogP contribution in [0.4, 0.5) is 0 Å². The lowest BCUT2D eigenvalue weighted by Gasteiger charge is -2.16. The fourth-order valence-electron chi connectivity index (χ4n) is 1.90. The van der Waals surface area contributed by atoms with Crippen LogP contribution < -0.4 is 5.32 Å². The van der Waals surface area contributed by atoms with Crippen molar-refractivity contribution in [1.29, 1.82) is 0 Å². The molecule has 0 amide bonds. The second-order valence-electron chi connectivity index (χ2n) is 4.51. The van der Waals surface area contributed by atoms with E-state index in [0.29, 0.717) is 0 Å². The van der Waals surface area contributed by atoms with Gasteiger partial charge in [0.05, 0.1) is 17.0 Å². The summed E-state index contributed by atoms with van der Waals surface area (Å²) in [5, 5.41) is 5.67. The summed E-state index contributed by atoms with van der Waals surface area (Å²) in [6.07, 6.45) is 2.31. The predicted octanol–water partition coefficient (Wildman–Crippen LogP) is 4.96. The lowest BCUT2D eigenvalue weighted by atomic mass is 10.2. The van der Waals surface area contributed by atoms with Gasteiger partial charge in [-0.05, 0) is 30.0 Å². The van der Waals surface area contributed by atoms with Crippen LogP contribution in [0.3, 0.4) is 0 Å². The second-order valence-corrected chi connectivity index (χ2v) is 7.24. The molecule has 0 aromatic carbocycles. The van der Waals surface area contributed by atoms with Crippen LogP contribution in [0.1, 0.15) is 35.6 Å². The number of nitrogens with one attached hydrogen (secondary N) is 1. The van der Waals surface area contributed by atoms with Crippen molar-refractivity contribution in [3.05, 3.63) is 43.7 Å². The number of thiophene rings is 2. The zero-order chi connectivity index (χ0) is 14.2. The third-order valence-corrected chi connectivity index (χ3v) is 5.18. The lowest BCUT2D eigenvalue weighted by Crippen LogP contribution is -2.25. The number of rotatable bonds is 9. The molecule has 0 spiro atoms. The smallest absolute Gasteiger partial charge is 0.0931 e. The van der Waals surface area contributed by atoms with Gasteiger partial charge < -0.3 is 10.1 Å². The van der Waals surface area contributed by atoms with Crippen LogP contribution in [0.5, 0.6) is 0 Å². The second kappa shape index (κ2) is 8.80. The van der Waals surface area contributed by atoms with Crippen LogP contribution in [0.25, 0.3) is 0 Å². The van der Waals surface area contributed by atoms with E-state index in [4.69, 9.17) is 16.3 Å². The Balaban J connectivity index is 1.88. The Labute approximate surface area is 133 Å². The van der Waals surface area contributed by atoms with E-state index in [2.05, 4.69) is 35.8 Å². The maximum atomic E-state index is 6.05. The summed E-state index contributed by atoms with van der Waals surface area (Å²) in [6, 6.07) is 8.53. The summed E-state index contributed by atoms with van der Waals surface area (Å²) in [5.41, 5.74) is 0. The summed E-state index contributed by atoms with van der Waals surface area (Å²) in [6.45, 7) is 4.63. The van der Waals surface area contributed by atoms with Crippen LogP contribution in [-0.2, 0) is 4.74 Å². The van der Waals surface area contributed by atoms with Crippen molar-refractivity contribution >= 4 is 34.3 Å². The summed E-state index contributed by atoms with van der Waals surface area (Å²) >= 11 is 9.46. The molecule has 0 fully saturated rings. The highest BCUT2D eigenvalue weighted by atomic mass is 35.5. The number of hydrogen-bond acceptors (Lipinski definition) is 4. The van der Waals surface area contributed by atoms with Gasteiger partial charge in [0.1, 0.15) is 0 Å². The van der Waals surface area contributed by atoms with E-state index in [9.17, 15) is 0 Å². The first kappa shape index (κ1) is 16.0. The quantitative estimate of drug-likeness (QED) is 0.656. The molecule has 20 heavy (non-hydrogen) atoms. The molecule has 0 saturated heterocycles. The SMILES string of the molecule is CCCCOCCNC(c1cccs1)c1ccc(Cl)s1. The Kier molecular flexibility index (Phi) is 7.03. The van der Waals surface area contributed by atoms with Crippen LogP contribution in [0, 0.1) is 0 Å². The van der Waals surface area contributed by atoms with Gasteiger partial charge in [-0.1, -0.05) is 31.0 Å². The molecular weight excluding hydrogens is 310 g/mol. The van der Waals surface area contributed by atoms with Gasteiger partial charge in [0, 0.05) is 22.9 Å². The molecule has 1 atom stereocenters. The summed E-state index contributed by atoms with van der Waals surface area (Å²) in [4.78, 5) is 2.57. The number of unbranched alkanes of at least 4 members (excludes halogenated alkanes) is 1. The Bertz CT molecular complexity index is 484. The molecule has 0 aliphatic heterocycles. The fourth-order valence-corrected chi connectivity index (χ4v) is 3.95. The highest BCUT2D eigenvalue weighted by Gasteiger charge is 2.16. The molecule has 5 heteroatoms. The first-order chi connectivity index (χ1) is 9.81. The third kappa shape index (κ3) is 4.86. The normalized spacial score (nSPS) is 12.7. The van der Waals surface area contributed by atoms with Gasteiger partial charge in [0.2, 0.25) is 0 Å². The van der Waals surface area contributed by atoms with Crippen LogP contribution >= 0.6 is 34.3 Å². The van der Waals surface area contributed by atoms with E-state index < -0.39 is 0 Å². The highest BCUT2D eigenvalue weighted by Crippen LogP contribution is 2.32. The molecule has 2 heterocycles. The van der Waals surface area contributed by atoms with Crippen molar-refractivity contribution < 1.29 is 4.74 Å². The molecule has 1 unspecified atom stereocenters. The van der Waals surface area contributed by atoms with E-state index in [1.165, 1.54) is 16.2 Å². The standard InChI is InChI=1S/C15H20ClNOS2/c1-2-3-9-18-10-8-17-15(12-5-4-11-19-12)13-6-7-14(16)20-13/h4-7,11,15,17H,2-3,8-10H2,1H3.